The van der Waals surface area contributed by atoms with Crippen LogP contribution in [0.3, 0.4) is 0 Å². The third kappa shape index (κ3) is 4.93. The average molecular weight is 362 g/mol. The van der Waals surface area contributed by atoms with Crippen LogP contribution in [0.25, 0.3) is 6.08 Å². The van der Waals surface area contributed by atoms with Crippen molar-refractivity contribution in [3.05, 3.63) is 51.8 Å². The van der Waals surface area contributed by atoms with Crippen LogP contribution in [0.5, 0.6) is 0 Å². The number of hydrogen-bond acceptors (Lipinski definition) is 4. The molecule has 0 unspecified atom stereocenters. The van der Waals surface area contributed by atoms with Gasteiger partial charge in [0.25, 0.3) is 5.91 Å². The molecule has 2 aromatic rings. The topological polar surface area (TPSA) is 73.2 Å². The number of benzene rings is 1. The van der Waals surface area contributed by atoms with Gasteiger partial charge in [0.2, 0.25) is 0 Å². The fourth-order valence-corrected chi connectivity index (χ4v) is 2.56. The molecular weight excluding hydrogens is 342 g/mol. The molecule has 1 amide bonds. The van der Waals surface area contributed by atoms with Gasteiger partial charge in [0.1, 0.15) is 0 Å². The van der Waals surface area contributed by atoms with Crippen molar-refractivity contribution in [2.45, 2.75) is 20.8 Å². The van der Waals surface area contributed by atoms with Crippen molar-refractivity contribution in [3.8, 4) is 0 Å². The van der Waals surface area contributed by atoms with Crippen molar-refractivity contribution in [1.82, 2.24) is 9.78 Å². The number of hydrogen-bond donors (Lipinski definition) is 1. The largest absolute Gasteiger partial charge is 0.452 e. The highest BCUT2D eigenvalue weighted by atomic mass is 35.5. The summed E-state index contributed by atoms with van der Waals surface area (Å²) in [5.41, 5.74) is 4.07. The number of aromatic nitrogens is 2. The summed E-state index contributed by atoms with van der Waals surface area (Å²) in [6.45, 7) is 5.27. The van der Waals surface area contributed by atoms with E-state index in [-0.39, 0.29) is 0 Å². The summed E-state index contributed by atoms with van der Waals surface area (Å²) in [6.07, 6.45) is 2.91. The smallest absolute Gasteiger partial charge is 0.331 e. The van der Waals surface area contributed by atoms with Crippen molar-refractivity contribution in [3.63, 3.8) is 0 Å². The molecule has 0 bridgehead atoms. The second kappa shape index (κ2) is 7.98. The van der Waals surface area contributed by atoms with E-state index in [0.717, 1.165) is 22.5 Å². The van der Waals surface area contributed by atoms with Crippen LogP contribution in [0, 0.1) is 20.8 Å². The van der Waals surface area contributed by atoms with E-state index in [1.807, 2.05) is 33.9 Å². The van der Waals surface area contributed by atoms with Gasteiger partial charge in [-0.25, -0.2) is 4.79 Å². The summed E-state index contributed by atoms with van der Waals surface area (Å²) in [5, 5.41) is 7.30. The van der Waals surface area contributed by atoms with E-state index in [0.29, 0.717) is 10.7 Å². The molecule has 0 saturated heterocycles. The van der Waals surface area contributed by atoms with Crippen LogP contribution in [0.4, 0.5) is 5.69 Å². The SMILES string of the molecule is Cc1ccc(NC(=O)COC(=O)/C=C/c2c(C)nn(C)c2C)c(Cl)c1. The third-order valence-corrected chi connectivity index (χ3v) is 4.01. The second-order valence-electron chi connectivity index (χ2n) is 5.68. The summed E-state index contributed by atoms with van der Waals surface area (Å²) in [6, 6.07) is 5.27. The molecule has 2 rings (SSSR count). The molecule has 0 aliphatic rings. The van der Waals surface area contributed by atoms with E-state index >= 15 is 0 Å². The first-order chi connectivity index (χ1) is 11.8. The number of nitrogens with zero attached hydrogens (tertiary/aromatic N) is 2. The standard InChI is InChI=1S/C18H20ClN3O3/c1-11-5-7-16(15(19)9-11)20-17(23)10-25-18(24)8-6-14-12(2)21-22(4)13(14)3/h5-9H,10H2,1-4H3,(H,20,23)/b8-6+. The Bertz CT molecular complexity index is 840. The highest BCUT2D eigenvalue weighted by Gasteiger charge is 2.10. The molecule has 0 atom stereocenters. The molecule has 7 heteroatoms. The molecule has 132 valence electrons. The minimum absolute atomic E-state index is 0.390. The zero-order chi connectivity index (χ0) is 18.6. The van der Waals surface area contributed by atoms with E-state index in [1.165, 1.54) is 6.08 Å². The van der Waals surface area contributed by atoms with E-state index in [4.69, 9.17) is 16.3 Å². The van der Waals surface area contributed by atoms with Gasteiger partial charge < -0.3 is 10.1 Å². The summed E-state index contributed by atoms with van der Waals surface area (Å²) < 4.78 is 6.68. The maximum atomic E-state index is 11.9. The Labute approximate surface area is 151 Å². The molecule has 0 aliphatic heterocycles. The van der Waals surface area contributed by atoms with Crippen molar-refractivity contribution < 1.29 is 14.3 Å². The highest BCUT2D eigenvalue weighted by Crippen LogP contribution is 2.22. The van der Waals surface area contributed by atoms with Crippen LogP contribution in [-0.2, 0) is 21.4 Å². The first-order valence-electron chi connectivity index (χ1n) is 7.69. The highest BCUT2D eigenvalue weighted by molar-refractivity contribution is 6.33. The predicted molar refractivity (Wildman–Crippen MR) is 97.5 cm³/mol. The Morgan fingerprint density at radius 2 is 2.04 bits per heavy atom. The number of aryl methyl sites for hydroxylation is 3. The third-order valence-electron chi connectivity index (χ3n) is 3.70. The molecule has 1 N–H and O–H groups in total. The molecule has 25 heavy (non-hydrogen) atoms. The summed E-state index contributed by atoms with van der Waals surface area (Å²) in [7, 11) is 1.83. The number of rotatable bonds is 5. The molecule has 6 nitrogen and oxygen atoms in total. The summed E-state index contributed by atoms with van der Waals surface area (Å²) >= 11 is 6.04. The van der Waals surface area contributed by atoms with Gasteiger partial charge in [0, 0.05) is 24.4 Å². The number of anilines is 1. The van der Waals surface area contributed by atoms with Gasteiger partial charge in [0.05, 0.1) is 16.4 Å². The fourth-order valence-electron chi connectivity index (χ4n) is 2.28. The number of ether oxygens (including phenoxy) is 1. The van der Waals surface area contributed by atoms with Gasteiger partial charge in [-0.1, -0.05) is 17.7 Å². The lowest BCUT2D eigenvalue weighted by Gasteiger charge is -2.07. The van der Waals surface area contributed by atoms with Crippen LogP contribution in [-0.4, -0.2) is 28.3 Å². The summed E-state index contributed by atoms with van der Waals surface area (Å²) in [4.78, 5) is 23.6. The van der Waals surface area contributed by atoms with Crippen LogP contribution < -0.4 is 5.32 Å². The molecule has 0 fully saturated rings. The van der Waals surface area contributed by atoms with Gasteiger partial charge in [0.15, 0.2) is 6.61 Å². The first kappa shape index (κ1) is 18.7. The van der Waals surface area contributed by atoms with Crippen LogP contribution in [0.2, 0.25) is 5.02 Å². The maximum absolute atomic E-state index is 11.9. The van der Waals surface area contributed by atoms with Gasteiger partial charge in [-0.15, -0.1) is 0 Å². The van der Waals surface area contributed by atoms with Gasteiger partial charge in [-0.05, 0) is 44.5 Å². The zero-order valence-corrected chi connectivity index (χ0v) is 15.3. The van der Waals surface area contributed by atoms with Gasteiger partial charge in [-0.3, -0.25) is 9.48 Å². The maximum Gasteiger partial charge on any atom is 0.331 e. The molecule has 0 radical (unpaired) electrons. The number of carbonyl (C=O) groups is 2. The molecule has 0 aliphatic carbocycles. The van der Waals surface area contributed by atoms with E-state index in [2.05, 4.69) is 10.4 Å². The number of esters is 1. The Balaban J connectivity index is 1.89. The number of carbonyl (C=O) groups excluding carboxylic acids is 2. The van der Waals surface area contributed by atoms with Gasteiger partial charge in [-0.2, -0.15) is 5.10 Å². The number of nitrogens with one attached hydrogen (secondary N) is 1. The normalized spacial score (nSPS) is 10.9. The van der Waals surface area contributed by atoms with Crippen molar-refractivity contribution in [2.75, 3.05) is 11.9 Å². The van der Waals surface area contributed by atoms with Gasteiger partial charge >= 0.3 is 5.97 Å². The zero-order valence-electron chi connectivity index (χ0n) is 14.6. The van der Waals surface area contributed by atoms with E-state index in [1.54, 1.807) is 22.9 Å². The second-order valence-corrected chi connectivity index (χ2v) is 6.09. The van der Waals surface area contributed by atoms with E-state index in [9.17, 15) is 9.59 Å². The Morgan fingerprint density at radius 3 is 2.64 bits per heavy atom. The molecule has 0 spiro atoms. The predicted octanol–water partition coefficient (Wildman–Crippen LogP) is 3.19. The van der Waals surface area contributed by atoms with E-state index < -0.39 is 18.5 Å². The minimum atomic E-state index is -0.604. The Kier molecular flexibility index (Phi) is 5.98. The van der Waals surface area contributed by atoms with Crippen molar-refractivity contribution >= 4 is 35.2 Å². The number of amides is 1. The molecule has 0 saturated carbocycles. The average Bonchev–Trinajstić information content (AvgIpc) is 2.79. The van der Waals surface area contributed by atoms with Crippen LogP contribution in [0.15, 0.2) is 24.3 Å². The monoisotopic (exact) mass is 361 g/mol. The lowest BCUT2D eigenvalue weighted by molar-refractivity contribution is -0.142. The lowest BCUT2D eigenvalue weighted by Crippen LogP contribution is -2.20. The van der Waals surface area contributed by atoms with Crippen LogP contribution >= 0.6 is 11.6 Å². The molecule has 1 aromatic carbocycles. The fraction of sp³-hybridized carbons (Fsp3) is 0.278. The minimum Gasteiger partial charge on any atom is -0.452 e. The molecule has 1 aromatic heterocycles. The molecular formula is C18H20ClN3O3. The lowest BCUT2D eigenvalue weighted by atomic mass is 10.2. The van der Waals surface area contributed by atoms with Crippen molar-refractivity contribution in [1.29, 1.82) is 0 Å². The first-order valence-corrected chi connectivity index (χ1v) is 8.06. The van der Waals surface area contributed by atoms with Crippen LogP contribution in [0.1, 0.15) is 22.5 Å². The Morgan fingerprint density at radius 1 is 1.32 bits per heavy atom. The quantitative estimate of drug-likeness (QED) is 0.655. The molecule has 1 heterocycles. The Hall–Kier alpha value is -2.60. The summed E-state index contributed by atoms with van der Waals surface area (Å²) in [5.74, 6) is -1.06. The number of halogens is 1. The van der Waals surface area contributed by atoms with Crippen molar-refractivity contribution in [2.24, 2.45) is 7.05 Å².